The molecule has 4 rings (SSSR count). The van der Waals surface area contributed by atoms with Crippen LogP contribution in [0.5, 0.6) is 0 Å². The molecular weight excluding hydrogens is 498 g/mol. The van der Waals surface area contributed by atoms with Gasteiger partial charge in [-0.3, -0.25) is 4.79 Å². The number of benzene rings is 3. The number of hydrogen-bond donors (Lipinski definition) is 2. The van der Waals surface area contributed by atoms with Crippen molar-refractivity contribution in [3.05, 3.63) is 107 Å². The first-order valence-electron chi connectivity index (χ1n) is 13.5. The van der Waals surface area contributed by atoms with Crippen LogP contribution in [-0.4, -0.2) is 33.0 Å². The Bertz CT molecular complexity index is 1480. The van der Waals surface area contributed by atoms with Crippen molar-refractivity contribution in [3.8, 4) is 22.5 Å². The van der Waals surface area contributed by atoms with Gasteiger partial charge in [0.15, 0.2) is 5.82 Å². The SMILES string of the molecule is CC(C)(C)c1ccc(C(=O)N[C@@H](Cc2ccc(-c3ncc(-c4cccc(C(C)(C)C)c4)cn3)cc2)C(=O)O)cc1. The summed E-state index contributed by atoms with van der Waals surface area (Å²) in [6.45, 7) is 12.9. The molecule has 1 amide bonds. The molecule has 6 nitrogen and oxygen atoms in total. The fourth-order valence-electron chi connectivity index (χ4n) is 4.38. The number of carboxylic acid groups (broad SMARTS) is 1. The van der Waals surface area contributed by atoms with Crippen LogP contribution in [-0.2, 0) is 22.0 Å². The predicted molar refractivity (Wildman–Crippen MR) is 159 cm³/mol. The highest BCUT2D eigenvalue weighted by atomic mass is 16.4. The molecule has 40 heavy (non-hydrogen) atoms. The molecule has 206 valence electrons. The molecule has 2 N–H and O–H groups in total. The summed E-state index contributed by atoms with van der Waals surface area (Å²) >= 11 is 0. The number of hydrogen-bond acceptors (Lipinski definition) is 4. The zero-order valence-corrected chi connectivity index (χ0v) is 24.0. The Kier molecular flexibility index (Phi) is 8.19. The molecule has 6 heteroatoms. The lowest BCUT2D eigenvalue weighted by molar-refractivity contribution is -0.139. The van der Waals surface area contributed by atoms with E-state index in [0.29, 0.717) is 11.4 Å². The number of aliphatic carboxylic acids is 1. The molecule has 1 atom stereocenters. The van der Waals surface area contributed by atoms with Gasteiger partial charge in [0.2, 0.25) is 0 Å². The Morgan fingerprint density at radius 1 is 0.750 bits per heavy atom. The first-order chi connectivity index (χ1) is 18.8. The van der Waals surface area contributed by atoms with E-state index in [2.05, 4.69) is 81.1 Å². The Hall–Kier alpha value is -4.32. The van der Waals surface area contributed by atoms with E-state index in [1.807, 2.05) is 48.8 Å². The maximum atomic E-state index is 12.8. The highest BCUT2D eigenvalue weighted by Gasteiger charge is 2.22. The van der Waals surface area contributed by atoms with Crippen LogP contribution in [0.15, 0.2) is 85.2 Å². The molecule has 0 unspecified atom stereocenters. The minimum atomic E-state index is -1.09. The second-order valence-electron chi connectivity index (χ2n) is 12.2. The van der Waals surface area contributed by atoms with E-state index in [4.69, 9.17) is 0 Å². The van der Waals surface area contributed by atoms with Crippen LogP contribution in [0.4, 0.5) is 0 Å². The van der Waals surface area contributed by atoms with Crippen molar-refractivity contribution in [2.45, 2.75) is 64.8 Å². The fraction of sp³-hybridized carbons (Fsp3) is 0.294. The van der Waals surface area contributed by atoms with Gasteiger partial charge in [-0.05, 0) is 45.2 Å². The van der Waals surface area contributed by atoms with Crippen molar-refractivity contribution in [1.82, 2.24) is 15.3 Å². The zero-order valence-electron chi connectivity index (χ0n) is 24.0. The molecule has 0 bridgehead atoms. The summed E-state index contributed by atoms with van der Waals surface area (Å²) in [5.41, 5.74) is 6.44. The molecule has 1 heterocycles. The summed E-state index contributed by atoms with van der Waals surface area (Å²) < 4.78 is 0. The van der Waals surface area contributed by atoms with E-state index in [1.54, 1.807) is 12.1 Å². The number of aromatic nitrogens is 2. The Labute approximate surface area is 236 Å². The van der Waals surface area contributed by atoms with Crippen molar-refractivity contribution in [2.24, 2.45) is 0 Å². The van der Waals surface area contributed by atoms with Gasteiger partial charge in [0.1, 0.15) is 6.04 Å². The second kappa shape index (κ2) is 11.4. The Balaban J connectivity index is 1.43. The molecule has 0 spiro atoms. The number of nitrogens with one attached hydrogen (secondary N) is 1. The number of carbonyl (C=O) groups excluding carboxylic acids is 1. The van der Waals surface area contributed by atoms with Crippen LogP contribution in [0, 0.1) is 0 Å². The minimum Gasteiger partial charge on any atom is -0.480 e. The summed E-state index contributed by atoms with van der Waals surface area (Å²) in [6.07, 6.45) is 3.80. The molecule has 0 saturated carbocycles. The van der Waals surface area contributed by atoms with Crippen LogP contribution < -0.4 is 5.32 Å². The smallest absolute Gasteiger partial charge is 0.326 e. The topological polar surface area (TPSA) is 92.2 Å². The summed E-state index contributed by atoms with van der Waals surface area (Å²) in [5, 5.41) is 12.4. The average Bonchev–Trinajstić information content (AvgIpc) is 2.92. The summed E-state index contributed by atoms with van der Waals surface area (Å²) in [7, 11) is 0. The Morgan fingerprint density at radius 2 is 1.35 bits per heavy atom. The zero-order chi connectivity index (χ0) is 29.1. The monoisotopic (exact) mass is 535 g/mol. The van der Waals surface area contributed by atoms with Crippen molar-refractivity contribution in [3.63, 3.8) is 0 Å². The lowest BCUT2D eigenvalue weighted by Gasteiger charge is -2.19. The van der Waals surface area contributed by atoms with Crippen molar-refractivity contribution < 1.29 is 14.7 Å². The van der Waals surface area contributed by atoms with E-state index in [9.17, 15) is 14.7 Å². The van der Waals surface area contributed by atoms with E-state index >= 15 is 0 Å². The third-order valence-corrected chi connectivity index (χ3v) is 6.98. The van der Waals surface area contributed by atoms with Gasteiger partial charge in [-0.15, -0.1) is 0 Å². The lowest BCUT2D eigenvalue weighted by Crippen LogP contribution is -2.42. The second-order valence-corrected chi connectivity index (χ2v) is 12.2. The van der Waals surface area contributed by atoms with Gasteiger partial charge < -0.3 is 10.4 Å². The van der Waals surface area contributed by atoms with Gasteiger partial charge >= 0.3 is 5.97 Å². The van der Waals surface area contributed by atoms with E-state index in [0.717, 1.165) is 27.8 Å². The predicted octanol–water partition coefficient (Wildman–Crippen LogP) is 6.83. The number of rotatable bonds is 7. The molecular formula is C34H37N3O3. The van der Waals surface area contributed by atoms with Crippen molar-refractivity contribution >= 4 is 11.9 Å². The largest absolute Gasteiger partial charge is 0.480 e. The van der Waals surface area contributed by atoms with Gasteiger partial charge in [0.25, 0.3) is 5.91 Å². The van der Waals surface area contributed by atoms with E-state index in [-0.39, 0.29) is 17.3 Å². The third kappa shape index (κ3) is 7.00. The van der Waals surface area contributed by atoms with Crippen LogP contribution in [0.1, 0.15) is 68.6 Å². The minimum absolute atomic E-state index is 0.0318. The van der Waals surface area contributed by atoms with Gasteiger partial charge in [-0.25, -0.2) is 14.8 Å². The average molecular weight is 536 g/mol. The van der Waals surface area contributed by atoms with Gasteiger partial charge in [-0.2, -0.15) is 0 Å². The molecule has 0 radical (unpaired) electrons. The first-order valence-corrected chi connectivity index (χ1v) is 13.5. The summed E-state index contributed by atoms with van der Waals surface area (Å²) in [4.78, 5) is 33.8. The number of nitrogens with zero attached hydrogens (tertiary/aromatic N) is 2. The van der Waals surface area contributed by atoms with E-state index in [1.165, 1.54) is 5.56 Å². The van der Waals surface area contributed by atoms with Crippen LogP contribution in [0.2, 0.25) is 0 Å². The number of carboxylic acids is 1. The normalized spacial score (nSPS) is 12.6. The van der Waals surface area contributed by atoms with Crippen molar-refractivity contribution in [1.29, 1.82) is 0 Å². The highest BCUT2D eigenvalue weighted by molar-refractivity contribution is 5.96. The standard InChI is InChI=1S/C34H37N3O3/c1-33(2,3)27-16-14-24(15-17-27)31(38)37-29(32(39)40)18-22-10-12-23(13-11-22)30-35-20-26(21-36-30)25-8-7-9-28(19-25)34(4,5)6/h7-17,19-21,29H,18H2,1-6H3,(H,37,38)(H,39,40)/t29-/m0/s1. The lowest BCUT2D eigenvalue weighted by atomic mass is 9.86. The highest BCUT2D eigenvalue weighted by Crippen LogP contribution is 2.28. The molecule has 1 aromatic heterocycles. The van der Waals surface area contributed by atoms with Crippen LogP contribution in [0.25, 0.3) is 22.5 Å². The van der Waals surface area contributed by atoms with Gasteiger partial charge in [-0.1, -0.05) is 102 Å². The molecule has 0 fully saturated rings. The number of amides is 1. The maximum Gasteiger partial charge on any atom is 0.326 e. The maximum absolute atomic E-state index is 12.8. The molecule has 0 saturated heterocycles. The quantitative estimate of drug-likeness (QED) is 0.271. The van der Waals surface area contributed by atoms with E-state index < -0.39 is 17.9 Å². The van der Waals surface area contributed by atoms with Gasteiger partial charge in [0.05, 0.1) is 0 Å². The Morgan fingerprint density at radius 3 is 1.90 bits per heavy atom. The molecule has 4 aromatic rings. The molecule has 0 aliphatic carbocycles. The molecule has 3 aromatic carbocycles. The third-order valence-electron chi connectivity index (χ3n) is 6.98. The molecule has 0 aliphatic rings. The number of carbonyl (C=O) groups is 2. The van der Waals surface area contributed by atoms with Crippen molar-refractivity contribution in [2.75, 3.05) is 0 Å². The summed E-state index contributed by atoms with van der Waals surface area (Å²) in [5.74, 6) is -0.909. The molecule has 0 aliphatic heterocycles. The first kappa shape index (κ1) is 28.7. The fourth-order valence-corrected chi connectivity index (χ4v) is 4.38. The van der Waals surface area contributed by atoms with Crippen LogP contribution in [0.3, 0.4) is 0 Å². The van der Waals surface area contributed by atoms with Gasteiger partial charge in [0, 0.05) is 35.5 Å². The summed E-state index contributed by atoms with van der Waals surface area (Å²) in [6, 6.07) is 22.1. The van der Waals surface area contributed by atoms with Crippen LogP contribution >= 0.6 is 0 Å².